The Morgan fingerprint density at radius 2 is 1.45 bits per heavy atom. The van der Waals surface area contributed by atoms with Crippen LogP contribution in [0.15, 0.2) is 0 Å². The van der Waals surface area contributed by atoms with E-state index in [1.54, 1.807) is 6.92 Å². The van der Waals surface area contributed by atoms with Crippen molar-refractivity contribution in [1.82, 2.24) is 0 Å². The standard InChI is InChI=1S/C17H31ClO4/c1-15(19)17-6-4-16(5-7-17)8-13-21-11-2-9-20-10-3-12-22-14-18/h16-17H,2-14H2,1H3. The van der Waals surface area contributed by atoms with Crippen LogP contribution in [0.4, 0.5) is 0 Å². The van der Waals surface area contributed by atoms with Crippen molar-refractivity contribution in [3.63, 3.8) is 0 Å². The lowest BCUT2D eigenvalue weighted by molar-refractivity contribution is -0.121. The van der Waals surface area contributed by atoms with Crippen LogP contribution in [0.1, 0.15) is 51.9 Å². The molecule has 0 saturated heterocycles. The largest absolute Gasteiger partial charge is 0.381 e. The van der Waals surface area contributed by atoms with Gasteiger partial charge in [0, 0.05) is 32.3 Å². The van der Waals surface area contributed by atoms with Crippen LogP contribution in [-0.4, -0.2) is 44.9 Å². The number of hydrogen-bond donors (Lipinski definition) is 0. The number of rotatable bonds is 13. The van der Waals surface area contributed by atoms with Crippen LogP contribution in [0.25, 0.3) is 0 Å². The fourth-order valence-corrected chi connectivity index (χ4v) is 3.00. The Bertz CT molecular complexity index is 278. The van der Waals surface area contributed by atoms with Gasteiger partial charge in [-0.05, 0) is 57.8 Å². The third kappa shape index (κ3) is 9.78. The van der Waals surface area contributed by atoms with Gasteiger partial charge >= 0.3 is 0 Å². The first-order valence-electron chi connectivity index (χ1n) is 8.53. The van der Waals surface area contributed by atoms with Gasteiger partial charge in [-0.25, -0.2) is 0 Å². The van der Waals surface area contributed by atoms with Crippen LogP contribution < -0.4 is 0 Å². The third-order valence-corrected chi connectivity index (χ3v) is 4.48. The van der Waals surface area contributed by atoms with Gasteiger partial charge in [-0.15, -0.1) is 0 Å². The molecule has 0 heterocycles. The van der Waals surface area contributed by atoms with Gasteiger partial charge in [0.2, 0.25) is 0 Å². The lowest BCUT2D eigenvalue weighted by Crippen LogP contribution is -2.20. The highest BCUT2D eigenvalue weighted by molar-refractivity contribution is 6.17. The molecule has 0 unspecified atom stereocenters. The average molecular weight is 335 g/mol. The van der Waals surface area contributed by atoms with Gasteiger partial charge in [-0.1, -0.05) is 11.6 Å². The van der Waals surface area contributed by atoms with Crippen molar-refractivity contribution in [2.45, 2.75) is 51.9 Å². The molecule has 0 aromatic carbocycles. The Morgan fingerprint density at radius 3 is 2.00 bits per heavy atom. The molecule has 0 aromatic heterocycles. The summed E-state index contributed by atoms with van der Waals surface area (Å²) in [5.41, 5.74) is 0. The van der Waals surface area contributed by atoms with Crippen LogP contribution in [0.5, 0.6) is 0 Å². The third-order valence-electron chi connectivity index (χ3n) is 4.32. The molecule has 130 valence electrons. The van der Waals surface area contributed by atoms with Gasteiger partial charge in [0.15, 0.2) is 0 Å². The fraction of sp³-hybridized carbons (Fsp3) is 0.941. The number of carbonyl (C=O) groups is 1. The van der Waals surface area contributed by atoms with Crippen molar-refractivity contribution < 1.29 is 19.0 Å². The molecular formula is C17H31ClO4. The van der Waals surface area contributed by atoms with Gasteiger partial charge < -0.3 is 14.2 Å². The monoisotopic (exact) mass is 334 g/mol. The van der Waals surface area contributed by atoms with E-state index in [4.69, 9.17) is 25.8 Å². The Morgan fingerprint density at radius 1 is 0.909 bits per heavy atom. The van der Waals surface area contributed by atoms with Crippen LogP contribution in [0.2, 0.25) is 0 Å². The van der Waals surface area contributed by atoms with Gasteiger partial charge in [-0.2, -0.15) is 0 Å². The molecule has 5 heteroatoms. The van der Waals surface area contributed by atoms with Gasteiger partial charge in [0.05, 0.1) is 6.61 Å². The SMILES string of the molecule is CC(=O)C1CCC(CCOCCCOCCCOCCl)CC1. The van der Waals surface area contributed by atoms with Gasteiger partial charge in [0.1, 0.15) is 11.8 Å². The highest BCUT2D eigenvalue weighted by Gasteiger charge is 2.23. The van der Waals surface area contributed by atoms with Crippen LogP contribution in [0, 0.1) is 11.8 Å². The maximum atomic E-state index is 11.3. The molecule has 22 heavy (non-hydrogen) atoms. The Hall–Kier alpha value is -0.160. The van der Waals surface area contributed by atoms with E-state index in [2.05, 4.69) is 0 Å². The van der Waals surface area contributed by atoms with Gasteiger partial charge in [-0.3, -0.25) is 4.79 Å². The summed E-state index contributed by atoms with van der Waals surface area (Å²) in [6, 6.07) is 0.254. The molecule has 0 N–H and O–H groups in total. The fourth-order valence-electron chi connectivity index (χ4n) is 2.89. The summed E-state index contributed by atoms with van der Waals surface area (Å²) in [5, 5.41) is 0. The second-order valence-electron chi connectivity index (χ2n) is 6.07. The summed E-state index contributed by atoms with van der Waals surface area (Å²) >= 11 is 5.39. The van der Waals surface area contributed by atoms with Crippen molar-refractivity contribution in [3.8, 4) is 0 Å². The molecule has 0 radical (unpaired) electrons. The number of alkyl halides is 1. The minimum atomic E-state index is 0.254. The maximum Gasteiger partial charge on any atom is 0.132 e. The first-order chi connectivity index (χ1) is 10.7. The quantitative estimate of drug-likeness (QED) is 0.379. The minimum absolute atomic E-state index is 0.254. The Balaban J connectivity index is 1.81. The summed E-state index contributed by atoms with van der Waals surface area (Å²) in [6.07, 6.45) is 7.45. The van der Waals surface area contributed by atoms with Crippen molar-refractivity contribution in [3.05, 3.63) is 0 Å². The Kier molecular flexibility index (Phi) is 12.0. The first-order valence-corrected chi connectivity index (χ1v) is 9.07. The number of ether oxygens (including phenoxy) is 3. The lowest BCUT2D eigenvalue weighted by Gasteiger charge is -2.26. The highest BCUT2D eigenvalue weighted by atomic mass is 35.5. The number of halogens is 1. The summed E-state index contributed by atoms with van der Waals surface area (Å²) in [6.45, 7) is 5.44. The van der Waals surface area contributed by atoms with E-state index in [0.717, 1.165) is 64.4 Å². The van der Waals surface area contributed by atoms with Crippen LogP contribution >= 0.6 is 11.6 Å². The molecule has 0 aliphatic heterocycles. The Labute approximate surface area is 139 Å². The van der Waals surface area contributed by atoms with E-state index >= 15 is 0 Å². The summed E-state index contributed by atoms with van der Waals surface area (Å²) < 4.78 is 16.2. The molecule has 4 nitrogen and oxygen atoms in total. The molecular weight excluding hydrogens is 304 g/mol. The topological polar surface area (TPSA) is 44.8 Å². The van der Waals surface area contributed by atoms with E-state index in [9.17, 15) is 4.79 Å². The number of carbonyl (C=O) groups excluding carboxylic acids is 1. The smallest absolute Gasteiger partial charge is 0.132 e. The van der Waals surface area contributed by atoms with Crippen molar-refractivity contribution in [2.75, 3.05) is 39.1 Å². The summed E-state index contributed by atoms with van der Waals surface area (Å²) in [4.78, 5) is 11.3. The molecule has 0 amide bonds. The second kappa shape index (κ2) is 13.3. The first kappa shape index (κ1) is 19.9. The summed E-state index contributed by atoms with van der Waals surface area (Å²) in [7, 11) is 0. The molecule has 0 atom stereocenters. The zero-order chi connectivity index (χ0) is 16.0. The highest BCUT2D eigenvalue weighted by Crippen LogP contribution is 2.31. The molecule has 0 spiro atoms. The van der Waals surface area contributed by atoms with Gasteiger partial charge in [0.25, 0.3) is 0 Å². The number of Topliss-reactive ketones (excluding diaryl/α,β-unsaturated/α-hetero) is 1. The van der Waals surface area contributed by atoms with E-state index in [1.165, 1.54) is 12.8 Å². The van der Waals surface area contributed by atoms with Crippen molar-refractivity contribution in [2.24, 2.45) is 11.8 Å². The molecule has 1 saturated carbocycles. The predicted molar refractivity (Wildman–Crippen MR) is 88.3 cm³/mol. The molecule has 0 aromatic rings. The van der Waals surface area contributed by atoms with Crippen LogP contribution in [0.3, 0.4) is 0 Å². The van der Waals surface area contributed by atoms with Crippen molar-refractivity contribution in [1.29, 1.82) is 0 Å². The average Bonchev–Trinajstić information content (AvgIpc) is 2.53. The van der Waals surface area contributed by atoms with E-state index in [0.29, 0.717) is 18.3 Å². The number of ketones is 1. The van der Waals surface area contributed by atoms with E-state index < -0.39 is 0 Å². The van der Waals surface area contributed by atoms with E-state index in [-0.39, 0.29) is 6.07 Å². The molecule has 1 aliphatic carbocycles. The molecule has 1 rings (SSSR count). The zero-order valence-corrected chi connectivity index (χ0v) is 14.6. The molecule has 0 bridgehead atoms. The van der Waals surface area contributed by atoms with E-state index in [1.807, 2.05) is 0 Å². The summed E-state index contributed by atoms with van der Waals surface area (Å²) in [5.74, 6) is 1.43. The lowest BCUT2D eigenvalue weighted by atomic mass is 9.79. The zero-order valence-electron chi connectivity index (χ0n) is 13.9. The minimum Gasteiger partial charge on any atom is -0.381 e. The van der Waals surface area contributed by atoms with Crippen molar-refractivity contribution >= 4 is 17.4 Å². The second-order valence-corrected chi connectivity index (χ2v) is 6.28. The number of hydrogen-bond acceptors (Lipinski definition) is 4. The molecule has 1 aliphatic rings. The normalized spacial score (nSPS) is 21.9. The van der Waals surface area contributed by atoms with Crippen LogP contribution in [-0.2, 0) is 19.0 Å². The molecule has 1 fully saturated rings. The maximum absolute atomic E-state index is 11.3. The predicted octanol–water partition coefficient (Wildman–Crippen LogP) is 3.80.